The molecule has 0 radical (unpaired) electrons. The number of rotatable bonds is 6. The van der Waals surface area contributed by atoms with Crippen LogP contribution in [0.2, 0.25) is 0 Å². The van der Waals surface area contributed by atoms with Gasteiger partial charge in [0.25, 0.3) is 0 Å². The monoisotopic (exact) mass is 325 g/mol. The van der Waals surface area contributed by atoms with Gasteiger partial charge in [-0.3, -0.25) is 0 Å². The summed E-state index contributed by atoms with van der Waals surface area (Å²) in [6.07, 6.45) is 1.07. The molecular formula is C11H16ClNO4S2. The molecule has 0 spiro atoms. The fourth-order valence-electron chi connectivity index (χ4n) is 1.45. The summed E-state index contributed by atoms with van der Waals surface area (Å²) in [4.78, 5) is 0.112. The average molecular weight is 326 g/mol. The second-order valence-corrected chi connectivity index (χ2v) is 8.74. The Labute approximate surface area is 119 Å². The second kappa shape index (κ2) is 6.21. The normalized spacial score (nSPS) is 12.8. The van der Waals surface area contributed by atoms with E-state index in [0.717, 1.165) is 10.6 Å². The van der Waals surface area contributed by atoms with Crippen molar-refractivity contribution in [2.75, 3.05) is 25.6 Å². The van der Waals surface area contributed by atoms with Gasteiger partial charge in [0.2, 0.25) is 10.0 Å². The SMILES string of the molecule is CN(CCS(C)(=O)=O)S(=O)(=O)c1ccccc1CCl. The third-order valence-corrected chi connectivity index (χ3v) is 5.75. The van der Waals surface area contributed by atoms with Crippen LogP contribution in [-0.4, -0.2) is 46.7 Å². The minimum atomic E-state index is -3.72. The van der Waals surface area contributed by atoms with Crippen LogP contribution in [-0.2, 0) is 25.7 Å². The van der Waals surface area contributed by atoms with Crippen LogP contribution in [0.5, 0.6) is 0 Å². The highest BCUT2D eigenvalue weighted by Crippen LogP contribution is 2.20. The first-order chi connectivity index (χ1) is 8.68. The number of sulfone groups is 1. The summed E-state index contributed by atoms with van der Waals surface area (Å²) in [6.45, 7) is -0.0855. The molecule has 1 aromatic carbocycles. The number of benzene rings is 1. The largest absolute Gasteiger partial charge is 0.243 e. The van der Waals surface area contributed by atoms with E-state index < -0.39 is 19.9 Å². The number of halogens is 1. The molecule has 8 heteroatoms. The summed E-state index contributed by atoms with van der Waals surface area (Å²) in [7, 11) is -5.58. The fraction of sp³-hybridized carbons (Fsp3) is 0.455. The van der Waals surface area contributed by atoms with Crippen LogP contribution in [0, 0.1) is 0 Å². The van der Waals surface area contributed by atoms with Gasteiger partial charge in [-0.25, -0.2) is 16.8 Å². The highest BCUT2D eigenvalue weighted by molar-refractivity contribution is 7.91. The van der Waals surface area contributed by atoms with Gasteiger partial charge in [0.1, 0.15) is 9.84 Å². The lowest BCUT2D eigenvalue weighted by Crippen LogP contribution is -2.32. The van der Waals surface area contributed by atoms with Crippen molar-refractivity contribution >= 4 is 31.5 Å². The maximum Gasteiger partial charge on any atom is 0.243 e. The van der Waals surface area contributed by atoms with E-state index in [1.54, 1.807) is 18.2 Å². The Hall–Kier alpha value is -0.630. The van der Waals surface area contributed by atoms with E-state index in [1.165, 1.54) is 13.1 Å². The molecule has 0 aliphatic heterocycles. The van der Waals surface area contributed by atoms with Crippen molar-refractivity contribution < 1.29 is 16.8 Å². The molecule has 0 saturated carbocycles. The molecule has 0 aliphatic carbocycles. The molecule has 1 aromatic rings. The van der Waals surface area contributed by atoms with Crippen LogP contribution >= 0.6 is 11.6 Å². The molecule has 108 valence electrons. The van der Waals surface area contributed by atoms with Gasteiger partial charge < -0.3 is 0 Å². The average Bonchev–Trinajstić information content (AvgIpc) is 2.34. The molecule has 0 saturated heterocycles. The van der Waals surface area contributed by atoms with Crippen LogP contribution < -0.4 is 0 Å². The Morgan fingerprint density at radius 1 is 1.16 bits per heavy atom. The van der Waals surface area contributed by atoms with Crippen molar-refractivity contribution in [3.8, 4) is 0 Å². The van der Waals surface area contributed by atoms with E-state index >= 15 is 0 Å². The van der Waals surface area contributed by atoms with E-state index in [-0.39, 0.29) is 23.1 Å². The van der Waals surface area contributed by atoms with Crippen molar-refractivity contribution in [1.82, 2.24) is 4.31 Å². The molecule has 19 heavy (non-hydrogen) atoms. The number of sulfonamides is 1. The molecule has 0 aliphatic rings. The topological polar surface area (TPSA) is 71.5 Å². The Morgan fingerprint density at radius 3 is 2.26 bits per heavy atom. The van der Waals surface area contributed by atoms with Crippen LogP contribution in [0.1, 0.15) is 5.56 Å². The Morgan fingerprint density at radius 2 is 1.74 bits per heavy atom. The van der Waals surface area contributed by atoms with E-state index in [9.17, 15) is 16.8 Å². The Balaban J connectivity index is 3.03. The van der Waals surface area contributed by atoms with Gasteiger partial charge in [-0.05, 0) is 11.6 Å². The molecule has 0 N–H and O–H groups in total. The molecule has 1 rings (SSSR count). The predicted molar refractivity (Wildman–Crippen MR) is 75.5 cm³/mol. The first-order valence-electron chi connectivity index (χ1n) is 5.46. The molecule has 0 unspecified atom stereocenters. The van der Waals surface area contributed by atoms with Crippen molar-refractivity contribution in [2.45, 2.75) is 10.8 Å². The molecule has 0 bridgehead atoms. The summed E-state index contributed by atoms with van der Waals surface area (Å²) < 4.78 is 47.8. The van der Waals surface area contributed by atoms with Gasteiger partial charge in [-0.2, -0.15) is 4.31 Å². The highest BCUT2D eigenvalue weighted by atomic mass is 35.5. The minimum Gasteiger partial charge on any atom is -0.229 e. The first-order valence-corrected chi connectivity index (χ1v) is 9.50. The van der Waals surface area contributed by atoms with E-state index in [0.29, 0.717) is 5.56 Å². The summed E-state index contributed by atoms with van der Waals surface area (Å²) >= 11 is 5.71. The predicted octanol–water partition coefficient (Wildman–Crippen LogP) is 1.09. The lowest BCUT2D eigenvalue weighted by Gasteiger charge is -2.18. The van der Waals surface area contributed by atoms with Crippen molar-refractivity contribution in [3.63, 3.8) is 0 Å². The standard InChI is InChI=1S/C11H16ClNO4S2/c1-13(7-8-18(2,14)15)19(16,17)11-6-4-3-5-10(11)9-12/h3-6H,7-9H2,1-2H3. The zero-order chi connectivity index (χ0) is 14.7. The fourth-order valence-corrected chi connectivity index (χ4v) is 3.87. The van der Waals surface area contributed by atoms with Crippen molar-refractivity contribution in [2.24, 2.45) is 0 Å². The number of hydrogen-bond acceptors (Lipinski definition) is 4. The molecule has 0 atom stereocenters. The smallest absolute Gasteiger partial charge is 0.229 e. The van der Waals surface area contributed by atoms with Crippen LogP contribution in [0.15, 0.2) is 29.2 Å². The molecule has 0 fully saturated rings. The number of nitrogens with zero attached hydrogens (tertiary/aromatic N) is 1. The van der Waals surface area contributed by atoms with Gasteiger partial charge in [-0.15, -0.1) is 11.6 Å². The zero-order valence-electron chi connectivity index (χ0n) is 10.7. The van der Waals surface area contributed by atoms with Gasteiger partial charge in [-0.1, -0.05) is 18.2 Å². The third kappa shape index (κ3) is 4.45. The number of hydrogen-bond donors (Lipinski definition) is 0. The van der Waals surface area contributed by atoms with E-state index in [1.807, 2.05) is 0 Å². The van der Waals surface area contributed by atoms with Gasteiger partial charge in [0.05, 0.1) is 10.6 Å². The van der Waals surface area contributed by atoms with E-state index in [2.05, 4.69) is 0 Å². The molecular weight excluding hydrogens is 310 g/mol. The summed E-state index contributed by atoms with van der Waals surface area (Å²) in [5.74, 6) is -0.138. The summed E-state index contributed by atoms with van der Waals surface area (Å²) in [5.41, 5.74) is 0.496. The zero-order valence-corrected chi connectivity index (χ0v) is 13.1. The summed E-state index contributed by atoms with van der Waals surface area (Å²) in [5, 5.41) is 0. The number of alkyl halides is 1. The Kier molecular flexibility index (Phi) is 5.37. The molecule has 0 amide bonds. The van der Waals surface area contributed by atoms with Crippen LogP contribution in [0.4, 0.5) is 0 Å². The Bertz CT molecular complexity index is 640. The highest BCUT2D eigenvalue weighted by Gasteiger charge is 2.23. The van der Waals surface area contributed by atoms with Gasteiger partial charge in [0.15, 0.2) is 0 Å². The maximum absolute atomic E-state index is 12.3. The van der Waals surface area contributed by atoms with Gasteiger partial charge in [0, 0.05) is 25.7 Å². The van der Waals surface area contributed by atoms with Crippen molar-refractivity contribution in [1.29, 1.82) is 0 Å². The van der Waals surface area contributed by atoms with Crippen LogP contribution in [0.25, 0.3) is 0 Å². The lowest BCUT2D eigenvalue weighted by molar-refractivity contribution is 0.484. The van der Waals surface area contributed by atoms with Crippen molar-refractivity contribution in [3.05, 3.63) is 29.8 Å². The molecule has 0 heterocycles. The van der Waals surface area contributed by atoms with Gasteiger partial charge >= 0.3 is 0 Å². The van der Waals surface area contributed by atoms with E-state index in [4.69, 9.17) is 11.6 Å². The van der Waals surface area contributed by atoms with Crippen LogP contribution in [0.3, 0.4) is 0 Å². The summed E-state index contributed by atoms with van der Waals surface area (Å²) in [6, 6.07) is 6.40. The minimum absolute atomic E-state index is 0.0787. The maximum atomic E-state index is 12.3. The molecule has 5 nitrogen and oxygen atoms in total. The lowest BCUT2D eigenvalue weighted by atomic mass is 10.2. The first kappa shape index (κ1) is 16.4. The second-order valence-electron chi connectivity index (χ2n) is 4.20. The third-order valence-electron chi connectivity index (χ3n) is 2.58. The quantitative estimate of drug-likeness (QED) is 0.734. The molecule has 0 aromatic heterocycles.